The first-order chi connectivity index (χ1) is 15.4. The quantitative estimate of drug-likeness (QED) is 0.637. The lowest BCUT2D eigenvalue weighted by Gasteiger charge is -2.45. The Morgan fingerprint density at radius 1 is 1.12 bits per heavy atom. The molecule has 1 aliphatic rings. The highest BCUT2D eigenvalue weighted by molar-refractivity contribution is 5.93. The molecule has 0 unspecified atom stereocenters. The van der Waals surface area contributed by atoms with Gasteiger partial charge in [-0.1, -0.05) is 30.3 Å². The highest BCUT2D eigenvalue weighted by atomic mass is 19.1. The molecule has 7 heteroatoms. The van der Waals surface area contributed by atoms with Crippen LogP contribution in [-0.4, -0.2) is 51.5 Å². The topological polar surface area (TPSA) is 63.1 Å². The van der Waals surface area contributed by atoms with Crippen LogP contribution in [-0.2, 0) is 6.42 Å². The highest BCUT2D eigenvalue weighted by Crippen LogP contribution is 2.35. The van der Waals surface area contributed by atoms with Crippen LogP contribution in [0.2, 0.25) is 0 Å². The van der Waals surface area contributed by atoms with Gasteiger partial charge in [0, 0.05) is 11.6 Å². The van der Waals surface area contributed by atoms with E-state index in [0.29, 0.717) is 11.4 Å². The standard InChI is InChI=1S/C25H30FN5O/c1-18-23(29-31(28-18)22-10-5-4-6-11-22)24(32)27-21-12-14-25(15-13-21,30(2)3)17-19-8-7-9-20(26)16-19/h4-11,16,21H,12-15,17H2,1-3H3,(H,27,32). The number of hydrogen-bond donors (Lipinski definition) is 1. The molecular formula is C25H30FN5O. The second kappa shape index (κ2) is 9.20. The average molecular weight is 436 g/mol. The SMILES string of the molecule is Cc1nn(-c2ccccc2)nc1C(=O)NC1CCC(Cc2cccc(F)c2)(N(C)C)CC1. The van der Waals surface area contributed by atoms with Gasteiger partial charge in [0.05, 0.1) is 11.4 Å². The molecule has 1 amide bonds. The Morgan fingerprint density at radius 3 is 2.50 bits per heavy atom. The zero-order valence-corrected chi connectivity index (χ0v) is 18.9. The van der Waals surface area contributed by atoms with E-state index in [-0.39, 0.29) is 23.3 Å². The molecule has 1 N–H and O–H groups in total. The largest absolute Gasteiger partial charge is 0.348 e. The molecule has 0 atom stereocenters. The van der Waals surface area contributed by atoms with Crippen molar-refractivity contribution in [2.45, 2.75) is 50.6 Å². The first-order valence-electron chi connectivity index (χ1n) is 11.1. The Kier molecular flexibility index (Phi) is 6.37. The minimum absolute atomic E-state index is 0.0403. The number of carbonyl (C=O) groups excluding carboxylic acids is 1. The maximum absolute atomic E-state index is 13.7. The number of rotatable bonds is 6. The number of nitrogens with zero attached hydrogens (tertiary/aromatic N) is 4. The Hall–Kier alpha value is -3.06. The number of hydrogen-bond acceptors (Lipinski definition) is 4. The van der Waals surface area contributed by atoms with Gasteiger partial charge in [0.25, 0.3) is 5.91 Å². The molecule has 0 saturated heterocycles. The smallest absolute Gasteiger partial charge is 0.273 e. The van der Waals surface area contributed by atoms with Crippen LogP contribution in [0.3, 0.4) is 0 Å². The van der Waals surface area contributed by atoms with Gasteiger partial charge in [0.1, 0.15) is 5.82 Å². The highest BCUT2D eigenvalue weighted by Gasteiger charge is 2.38. The van der Waals surface area contributed by atoms with Gasteiger partial charge in [0.2, 0.25) is 0 Å². The van der Waals surface area contributed by atoms with E-state index in [0.717, 1.165) is 43.4 Å². The van der Waals surface area contributed by atoms with E-state index >= 15 is 0 Å². The number of benzene rings is 2. The van der Waals surface area contributed by atoms with Crippen molar-refractivity contribution in [3.8, 4) is 5.69 Å². The molecule has 0 aliphatic heterocycles. The van der Waals surface area contributed by atoms with Gasteiger partial charge in [-0.15, -0.1) is 5.10 Å². The molecule has 2 aromatic carbocycles. The third-order valence-corrected chi connectivity index (χ3v) is 6.61. The van der Waals surface area contributed by atoms with Gasteiger partial charge in [-0.25, -0.2) is 4.39 Å². The molecule has 4 rings (SSSR count). The number of halogens is 1. The number of nitrogens with one attached hydrogen (secondary N) is 1. The number of para-hydroxylation sites is 1. The summed E-state index contributed by atoms with van der Waals surface area (Å²) in [6.45, 7) is 1.80. The summed E-state index contributed by atoms with van der Waals surface area (Å²) in [4.78, 5) is 16.7. The monoisotopic (exact) mass is 435 g/mol. The van der Waals surface area contributed by atoms with Crippen molar-refractivity contribution >= 4 is 5.91 Å². The first-order valence-corrected chi connectivity index (χ1v) is 11.1. The molecule has 1 fully saturated rings. The number of likely N-dealkylation sites (N-methyl/N-ethyl adjacent to an activating group) is 1. The van der Waals surface area contributed by atoms with Crippen molar-refractivity contribution < 1.29 is 9.18 Å². The van der Waals surface area contributed by atoms with E-state index in [1.807, 2.05) is 36.4 Å². The summed E-state index contributed by atoms with van der Waals surface area (Å²) in [5.74, 6) is -0.381. The third kappa shape index (κ3) is 4.72. The zero-order valence-electron chi connectivity index (χ0n) is 18.9. The summed E-state index contributed by atoms with van der Waals surface area (Å²) in [5.41, 5.74) is 2.75. The maximum Gasteiger partial charge on any atom is 0.273 e. The van der Waals surface area contributed by atoms with Crippen LogP contribution in [0.15, 0.2) is 54.6 Å². The molecule has 1 aromatic heterocycles. The molecule has 0 bridgehead atoms. The van der Waals surface area contributed by atoms with E-state index < -0.39 is 0 Å². The van der Waals surface area contributed by atoms with Crippen LogP contribution in [0.4, 0.5) is 4.39 Å². The van der Waals surface area contributed by atoms with Crippen molar-refractivity contribution in [1.29, 1.82) is 0 Å². The predicted octanol–water partition coefficient (Wildman–Crippen LogP) is 3.93. The molecule has 0 spiro atoms. The Labute approximate surface area is 188 Å². The predicted molar refractivity (Wildman–Crippen MR) is 122 cm³/mol. The van der Waals surface area contributed by atoms with Crippen LogP contribution in [0.5, 0.6) is 0 Å². The summed E-state index contributed by atoms with van der Waals surface area (Å²) in [6.07, 6.45) is 4.38. The minimum Gasteiger partial charge on any atom is -0.348 e. The number of aromatic nitrogens is 3. The number of carbonyl (C=O) groups is 1. The number of aryl methyl sites for hydroxylation is 1. The molecule has 32 heavy (non-hydrogen) atoms. The average Bonchev–Trinajstić information content (AvgIpc) is 3.17. The second-order valence-corrected chi connectivity index (χ2v) is 8.93. The molecule has 3 aromatic rings. The van der Waals surface area contributed by atoms with Gasteiger partial charge < -0.3 is 10.2 Å². The molecular weight excluding hydrogens is 405 g/mol. The van der Waals surface area contributed by atoms with E-state index in [9.17, 15) is 9.18 Å². The summed E-state index contributed by atoms with van der Waals surface area (Å²) >= 11 is 0. The Morgan fingerprint density at radius 2 is 1.84 bits per heavy atom. The van der Waals surface area contributed by atoms with Crippen LogP contribution in [0, 0.1) is 12.7 Å². The summed E-state index contributed by atoms with van der Waals surface area (Å²) < 4.78 is 13.7. The summed E-state index contributed by atoms with van der Waals surface area (Å²) in [7, 11) is 4.17. The third-order valence-electron chi connectivity index (χ3n) is 6.61. The lowest BCUT2D eigenvalue weighted by atomic mass is 9.75. The normalized spacial score (nSPS) is 21.0. The molecule has 1 heterocycles. The van der Waals surface area contributed by atoms with Crippen molar-refractivity contribution in [1.82, 2.24) is 25.2 Å². The van der Waals surface area contributed by atoms with Crippen molar-refractivity contribution in [2.75, 3.05) is 14.1 Å². The molecule has 0 radical (unpaired) electrons. The maximum atomic E-state index is 13.7. The molecule has 1 aliphatic carbocycles. The molecule has 6 nitrogen and oxygen atoms in total. The van der Waals surface area contributed by atoms with E-state index in [1.54, 1.807) is 19.1 Å². The van der Waals surface area contributed by atoms with E-state index in [1.165, 1.54) is 10.9 Å². The van der Waals surface area contributed by atoms with Crippen LogP contribution in [0.1, 0.15) is 47.4 Å². The van der Waals surface area contributed by atoms with Crippen molar-refractivity contribution in [3.63, 3.8) is 0 Å². The number of amides is 1. The van der Waals surface area contributed by atoms with Gasteiger partial charge in [0.15, 0.2) is 5.69 Å². The van der Waals surface area contributed by atoms with Gasteiger partial charge in [-0.3, -0.25) is 4.79 Å². The lowest BCUT2D eigenvalue weighted by molar-refractivity contribution is 0.0766. The van der Waals surface area contributed by atoms with Crippen LogP contribution in [0.25, 0.3) is 5.69 Å². The zero-order chi connectivity index (χ0) is 22.7. The molecule has 168 valence electrons. The Balaban J connectivity index is 1.41. The van der Waals surface area contributed by atoms with Gasteiger partial charge in [-0.05, 0) is 83.0 Å². The lowest BCUT2D eigenvalue weighted by Crippen LogP contribution is -2.52. The molecule has 1 saturated carbocycles. The van der Waals surface area contributed by atoms with Gasteiger partial charge >= 0.3 is 0 Å². The summed E-state index contributed by atoms with van der Waals surface area (Å²) in [5, 5.41) is 12.0. The summed E-state index contributed by atoms with van der Waals surface area (Å²) in [6, 6.07) is 16.5. The van der Waals surface area contributed by atoms with E-state index in [2.05, 4.69) is 34.5 Å². The second-order valence-electron chi connectivity index (χ2n) is 8.93. The fourth-order valence-electron chi connectivity index (χ4n) is 4.63. The fourth-order valence-corrected chi connectivity index (χ4v) is 4.63. The van der Waals surface area contributed by atoms with Crippen LogP contribution < -0.4 is 5.32 Å². The van der Waals surface area contributed by atoms with Gasteiger partial charge in [-0.2, -0.15) is 9.90 Å². The Bertz CT molecular complexity index is 1070. The first kappa shape index (κ1) is 22.1. The fraction of sp³-hybridized carbons (Fsp3) is 0.400. The van der Waals surface area contributed by atoms with Crippen molar-refractivity contribution in [3.05, 3.63) is 77.4 Å². The van der Waals surface area contributed by atoms with Crippen molar-refractivity contribution in [2.24, 2.45) is 0 Å². The van der Waals surface area contributed by atoms with E-state index in [4.69, 9.17) is 0 Å². The van der Waals surface area contributed by atoms with Crippen LogP contribution >= 0.6 is 0 Å². The minimum atomic E-state index is -0.198.